The molecule has 1 heterocycles. The molecule has 24 heavy (non-hydrogen) atoms. The number of aromatic nitrogens is 3. The van der Waals surface area contributed by atoms with E-state index in [2.05, 4.69) is 15.2 Å². The number of ether oxygens (including phenoxy) is 1. The van der Waals surface area contributed by atoms with Crippen molar-refractivity contribution in [2.45, 2.75) is 6.04 Å². The van der Waals surface area contributed by atoms with Crippen LogP contribution in [-0.4, -0.2) is 27.2 Å². The second kappa shape index (κ2) is 6.47. The van der Waals surface area contributed by atoms with Gasteiger partial charge in [0, 0.05) is 17.7 Å². The zero-order chi connectivity index (χ0) is 17.1. The number of benzene rings is 2. The third-order valence-electron chi connectivity index (χ3n) is 3.59. The second-order valence-corrected chi connectivity index (χ2v) is 5.10. The third-order valence-corrected chi connectivity index (χ3v) is 3.59. The highest BCUT2D eigenvalue weighted by molar-refractivity contribution is 5.58. The summed E-state index contributed by atoms with van der Waals surface area (Å²) in [4.78, 5) is 14.8. The van der Waals surface area contributed by atoms with Crippen LogP contribution in [-0.2, 0) is 0 Å². The first-order chi connectivity index (χ1) is 11.6. The fraction of sp³-hybridized carbons (Fsp3) is 0.125. The van der Waals surface area contributed by atoms with Gasteiger partial charge in [-0.25, -0.2) is 4.98 Å². The highest BCUT2D eigenvalue weighted by Crippen LogP contribution is 2.24. The van der Waals surface area contributed by atoms with Gasteiger partial charge in [0.2, 0.25) is 0 Å². The number of rotatable bonds is 5. The molecule has 1 aromatic heterocycles. The lowest BCUT2D eigenvalue weighted by atomic mass is 10.1. The molecular weight excluding hydrogens is 310 g/mol. The molecule has 8 heteroatoms. The van der Waals surface area contributed by atoms with Crippen molar-refractivity contribution in [2.24, 2.45) is 5.73 Å². The van der Waals surface area contributed by atoms with Crippen LogP contribution in [0.5, 0.6) is 5.75 Å². The van der Waals surface area contributed by atoms with Crippen molar-refractivity contribution in [1.29, 1.82) is 0 Å². The largest absolute Gasteiger partial charge is 0.497 e. The molecule has 8 nitrogen and oxygen atoms in total. The minimum atomic E-state index is -0.490. The van der Waals surface area contributed by atoms with Crippen LogP contribution in [0.1, 0.15) is 17.4 Å². The zero-order valence-electron chi connectivity index (χ0n) is 12.8. The van der Waals surface area contributed by atoms with Crippen LogP contribution in [0.4, 0.5) is 5.69 Å². The Bertz CT molecular complexity index is 860. The van der Waals surface area contributed by atoms with E-state index in [1.54, 1.807) is 19.2 Å². The first-order valence-corrected chi connectivity index (χ1v) is 7.15. The normalized spacial score (nSPS) is 11.9. The van der Waals surface area contributed by atoms with Gasteiger partial charge in [0.05, 0.1) is 18.1 Å². The molecule has 3 aromatic rings. The van der Waals surface area contributed by atoms with Gasteiger partial charge in [-0.3, -0.25) is 15.2 Å². The van der Waals surface area contributed by atoms with Gasteiger partial charge >= 0.3 is 0 Å². The molecular formula is C16H15N5O3. The van der Waals surface area contributed by atoms with Gasteiger partial charge in [0.1, 0.15) is 11.6 Å². The Balaban J connectivity index is 1.86. The van der Waals surface area contributed by atoms with Gasteiger partial charge in [-0.2, -0.15) is 5.10 Å². The number of H-pyrrole nitrogens is 1. The molecule has 0 saturated carbocycles. The summed E-state index contributed by atoms with van der Waals surface area (Å²) in [6, 6.07) is 13.0. The average molecular weight is 325 g/mol. The van der Waals surface area contributed by atoms with E-state index in [0.29, 0.717) is 17.2 Å². The molecule has 0 radical (unpaired) electrons. The van der Waals surface area contributed by atoms with Crippen LogP contribution < -0.4 is 10.5 Å². The van der Waals surface area contributed by atoms with Gasteiger partial charge in [0.15, 0.2) is 5.82 Å². The smallest absolute Gasteiger partial charge is 0.270 e. The van der Waals surface area contributed by atoms with Crippen LogP contribution in [0.3, 0.4) is 0 Å². The van der Waals surface area contributed by atoms with Crippen LogP contribution in [0, 0.1) is 10.1 Å². The summed E-state index contributed by atoms with van der Waals surface area (Å²) in [5.41, 5.74) is 7.57. The number of nitrogens with zero attached hydrogens (tertiary/aromatic N) is 3. The van der Waals surface area contributed by atoms with Crippen LogP contribution in [0.15, 0.2) is 48.5 Å². The maximum absolute atomic E-state index is 10.9. The number of aromatic amines is 1. The lowest BCUT2D eigenvalue weighted by Crippen LogP contribution is -2.13. The molecule has 0 saturated heterocycles. The Hall–Kier alpha value is -3.26. The van der Waals surface area contributed by atoms with Crippen molar-refractivity contribution in [1.82, 2.24) is 15.2 Å². The Morgan fingerprint density at radius 3 is 2.67 bits per heavy atom. The van der Waals surface area contributed by atoms with E-state index in [-0.39, 0.29) is 5.69 Å². The summed E-state index contributed by atoms with van der Waals surface area (Å²) in [5.74, 6) is 1.57. The Morgan fingerprint density at radius 1 is 1.25 bits per heavy atom. The lowest BCUT2D eigenvalue weighted by molar-refractivity contribution is -0.384. The van der Waals surface area contributed by atoms with Gasteiger partial charge in [-0.15, -0.1) is 0 Å². The predicted molar refractivity (Wildman–Crippen MR) is 87.5 cm³/mol. The minimum absolute atomic E-state index is 0.0155. The van der Waals surface area contributed by atoms with Crippen molar-refractivity contribution >= 4 is 5.69 Å². The molecule has 3 rings (SSSR count). The van der Waals surface area contributed by atoms with Gasteiger partial charge in [0.25, 0.3) is 5.69 Å². The van der Waals surface area contributed by atoms with E-state index in [9.17, 15) is 10.1 Å². The summed E-state index contributed by atoms with van der Waals surface area (Å²) in [6.45, 7) is 0. The fourth-order valence-electron chi connectivity index (χ4n) is 2.27. The lowest BCUT2D eigenvalue weighted by Gasteiger charge is -2.09. The van der Waals surface area contributed by atoms with E-state index < -0.39 is 11.0 Å². The Labute approximate surface area is 137 Å². The van der Waals surface area contributed by atoms with Crippen LogP contribution >= 0.6 is 0 Å². The number of hydrogen-bond acceptors (Lipinski definition) is 6. The maximum Gasteiger partial charge on any atom is 0.270 e. The van der Waals surface area contributed by atoms with Crippen molar-refractivity contribution in [3.63, 3.8) is 0 Å². The highest BCUT2D eigenvalue weighted by Gasteiger charge is 2.16. The van der Waals surface area contributed by atoms with Gasteiger partial charge in [-0.05, 0) is 17.7 Å². The molecule has 0 aliphatic heterocycles. The first kappa shape index (κ1) is 15.6. The molecule has 122 valence electrons. The number of nitro benzene ring substituents is 1. The summed E-state index contributed by atoms with van der Waals surface area (Å²) in [5, 5.41) is 17.8. The number of nitrogens with one attached hydrogen (secondary N) is 1. The summed E-state index contributed by atoms with van der Waals surface area (Å²) >= 11 is 0. The Kier molecular flexibility index (Phi) is 4.21. The maximum atomic E-state index is 10.9. The van der Waals surface area contributed by atoms with Gasteiger partial charge in [-0.1, -0.05) is 24.3 Å². The van der Waals surface area contributed by atoms with E-state index >= 15 is 0 Å². The summed E-state index contributed by atoms with van der Waals surface area (Å²) < 4.78 is 5.12. The monoisotopic (exact) mass is 325 g/mol. The van der Waals surface area contributed by atoms with Crippen molar-refractivity contribution < 1.29 is 9.66 Å². The standard InChI is InChI=1S/C16H15N5O3/c1-24-13-7-5-10(6-8-13)14(17)16-18-15(19-20-16)11-3-2-4-12(9-11)21(22)23/h2-9,14H,17H2,1H3,(H,18,19,20). The number of hydrogen-bond donors (Lipinski definition) is 2. The number of non-ortho nitro benzene ring substituents is 1. The topological polar surface area (TPSA) is 120 Å². The van der Waals surface area contributed by atoms with Crippen molar-refractivity contribution in [2.75, 3.05) is 7.11 Å². The van der Waals surface area contributed by atoms with E-state index in [4.69, 9.17) is 10.5 Å². The number of nitro groups is 1. The van der Waals surface area contributed by atoms with E-state index in [1.807, 2.05) is 24.3 Å². The van der Waals surface area contributed by atoms with Crippen LogP contribution in [0.25, 0.3) is 11.4 Å². The van der Waals surface area contributed by atoms with E-state index in [1.165, 1.54) is 12.1 Å². The van der Waals surface area contributed by atoms with Crippen molar-refractivity contribution in [3.05, 3.63) is 70.0 Å². The molecule has 1 atom stereocenters. The second-order valence-electron chi connectivity index (χ2n) is 5.10. The molecule has 0 aliphatic rings. The predicted octanol–water partition coefficient (Wildman–Crippen LogP) is 2.44. The number of methoxy groups -OCH3 is 1. The summed E-state index contributed by atoms with van der Waals surface area (Å²) in [6.07, 6.45) is 0. The molecule has 2 aromatic carbocycles. The van der Waals surface area contributed by atoms with Gasteiger partial charge < -0.3 is 10.5 Å². The molecule has 1 unspecified atom stereocenters. The highest BCUT2D eigenvalue weighted by atomic mass is 16.6. The SMILES string of the molecule is COc1ccc(C(N)c2nc(-c3cccc([N+](=O)[O-])c3)n[nH]2)cc1. The molecule has 0 aliphatic carbocycles. The molecule has 0 bridgehead atoms. The fourth-order valence-corrected chi connectivity index (χ4v) is 2.27. The van der Waals surface area contributed by atoms with E-state index in [0.717, 1.165) is 11.3 Å². The number of nitrogens with two attached hydrogens (primary N) is 1. The quantitative estimate of drug-likeness (QED) is 0.549. The molecule has 0 amide bonds. The summed E-state index contributed by atoms with van der Waals surface area (Å²) in [7, 11) is 1.59. The molecule has 0 spiro atoms. The Morgan fingerprint density at radius 2 is 2.00 bits per heavy atom. The molecule has 3 N–H and O–H groups in total. The third kappa shape index (κ3) is 3.08. The zero-order valence-corrected chi connectivity index (χ0v) is 12.8. The average Bonchev–Trinajstić information content (AvgIpc) is 3.11. The molecule has 0 fully saturated rings. The van der Waals surface area contributed by atoms with Crippen molar-refractivity contribution in [3.8, 4) is 17.1 Å². The van der Waals surface area contributed by atoms with Crippen LogP contribution in [0.2, 0.25) is 0 Å². The minimum Gasteiger partial charge on any atom is -0.497 e. The first-order valence-electron chi connectivity index (χ1n) is 7.15.